The normalized spacial score (nSPS) is 14.7. The van der Waals surface area contributed by atoms with Gasteiger partial charge < -0.3 is 20.7 Å². The number of carbonyl (C=O) groups is 3. The van der Waals surface area contributed by atoms with Crippen LogP contribution in [0.1, 0.15) is 44.1 Å². The van der Waals surface area contributed by atoms with Gasteiger partial charge in [0.1, 0.15) is 6.61 Å². The Balaban J connectivity index is 1.69. The number of rotatable bonds is 11. The lowest BCUT2D eigenvalue weighted by Crippen LogP contribution is -2.46. The predicted molar refractivity (Wildman–Crippen MR) is 102 cm³/mol. The first-order chi connectivity index (χ1) is 13.1. The second-order valence-electron chi connectivity index (χ2n) is 6.79. The Kier molecular flexibility index (Phi) is 8.77. The predicted octanol–water partition coefficient (Wildman–Crippen LogP) is 1.36. The lowest BCUT2D eigenvalue weighted by Gasteiger charge is -2.23. The highest BCUT2D eigenvalue weighted by Gasteiger charge is 2.26. The van der Waals surface area contributed by atoms with Gasteiger partial charge in [0.05, 0.1) is 6.04 Å². The molecule has 0 spiro atoms. The molecule has 1 aromatic carbocycles. The zero-order chi connectivity index (χ0) is 19.5. The number of carbonyl (C=O) groups excluding carboxylic acids is 3. The van der Waals surface area contributed by atoms with E-state index in [0.717, 1.165) is 31.5 Å². The van der Waals surface area contributed by atoms with Crippen molar-refractivity contribution in [3.05, 3.63) is 35.9 Å². The number of hydrogen-bond donors (Lipinski definition) is 2. The van der Waals surface area contributed by atoms with Crippen molar-refractivity contribution < 1.29 is 19.1 Å². The highest BCUT2D eigenvalue weighted by Crippen LogP contribution is 2.11. The minimum atomic E-state index is -0.434. The van der Waals surface area contributed by atoms with E-state index in [-0.39, 0.29) is 31.3 Å². The van der Waals surface area contributed by atoms with Crippen molar-refractivity contribution in [3.63, 3.8) is 0 Å². The van der Waals surface area contributed by atoms with Gasteiger partial charge in [-0.2, -0.15) is 0 Å². The first-order valence-electron chi connectivity index (χ1n) is 9.56. The van der Waals surface area contributed by atoms with E-state index in [1.165, 1.54) is 0 Å². The maximum absolute atomic E-state index is 12.6. The van der Waals surface area contributed by atoms with E-state index < -0.39 is 11.9 Å². The summed E-state index contributed by atoms with van der Waals surface area (Å²) in [4.78, 5) is 37.3. The Bertz CT molecular complexity index is 615. The Morgan fingerprint density at radius 2 is 1.81 bits per heavy atom. The summed E-state index contributed by atoms with van der Waals surface area (Å²) in [6.07, 6.45) is 3.41. The molecule has 1 aliphatic heterocycles. The fourth-order valence-corrected chi connectivity index (χ4v) is 3.08. The molecule has 148 valence electrons. The standard InChI is InChI=1S/C20H29N3O4/c21-18(24)11-10-17(20(26)23-13-4-5-14-23)22-12-6-9-19(25)27-15-16-7-2-1-3-8-16/h1-3,7-8,17,22H,4-6,9-15H2,(H2,21,24). The number of ether oxygens (including phenoxy) is 1. The molecule has 1 heterocycles. The molecule has 0 saturated carbocycles. The van der Waals surface area contributed by atoms with Crippen molar-refractivity contribution in [1.82, 2.24) is 10.2 Å². The highest BCUT2D eigenvalue weighted by molar-refractivity contribution is 5.83. The van der Waals surface area contributed by atoms with E-state index in [2.05, 4.69) is 5.32 Å². The molecule has 1 fully saturated rings. The molecule has 2 rings (SSSR count). The zero-order valence-electron chi connectivity index (χ0n) is 15.7. The van der Waals surface area contributed by atoms with Crippen LogP contribution >= 0.6 is 0 Å². The molecule has 0 radical (unpaired) electrons. The molecule has 1 saturated heterocycles. The summed E-state index contributed by atoms with van der Waals surface area (Å²) in [6, 6.07) is 9.09. The molecule has 1 aromatic rings. The van der Waals surface area contributed by atoms with E-state index in [9.17, 15) is 14.4 Å². The molecule has 7 heteroatoms. The van der Waals surface area contributed by atoms with E-state index in [0.29, 0.717) is 19.4 Å². The van der Waals surface area contributed by atoms with E-state index >= 15 is 0 Å². The molecular weight excluding hydrogens is 346 g/mol. The summed E-state index contributed by atoms with van der Waals surface area (Å²) in [5, 5.41) is 3.17. The maximum Gasteiger partial charge on any atom is 0.306 e. The van der Waals surface area contributed by atoms with Gasteiger partial charge in [-0.25, -0.2) is 0 Å². The van der Waals surface area contributed by atoms with Gasteiger partial charge in [0, 0.05) is 25.9 Å². The molecule has 2 amide bonds. The van der Waals surface area contributed by atoms with Gasteiger partial charge >= 0.3 is 5.97 Å². The Morgan fingerprint density at radius 3 is 2.48 bits per heavy atom. The van der Waals surface area contributed by atoms with Crippen LogP contribution in [0.2, 0.25) is 0 Å². The third-order valence-corrected chi connectivity index (χ3v) is 4.59. The smallest absolute Gasteiger partial charge is 0.306 e. The van der Waals surface area contributed by atoms with Crippen molar-refractivity contribution in [2.75, 3.05) is 19.6 Å². The van der Waals surface area contributed by atoms with Crippen LogP contribution in [0, 0.1) is 0 Å². The molecule has 3 N–H and O–H groups in total. The first kappa shape index (κ1) is 20.9. The number of hydrogen-bond acceptors (Lipinski definition) is 5. The van der Waals surface area contributed by atoms with Crippen LogP contribution in [0.3, 0.4) is 0 Å². The Labute approximate surface area is 160 Å². The number of esters is 1. The van der Waals surface area contributed by atoms with Gasteiger partial charge in [-0.3, -0.25) is 14.4 Å². The third kappa shape index (κ3) is 7.78. The first-order valence-corrected chi connectivity index (χ1v) is 9.56. The number of amides is 2. The van der Waals surface area contributed by atoms with Crippen molar-refractivity contribution in [2.45, 2.75) is 51.2 Å². The molecular formula is C20H29N3O4. The van der Waals surface area contributed by atoms with Crippen LogP contribution in [-0.2, 0) is 25.7 Å². The van der Waals surface area contributed by atoms with Crippen LogP contribution in [-0.4, -0.2) is 48.4 Å². The molecule has 1 aliphatic rings. The van der Waals surface area contributed by atoms with Crippen LogP contribution in [0.5, 0.6) is 0 Å². The van der Waals surface area contributed by atoms with Gasteiger partial charge in [0.2, 0.25) is 11.8 Å². The van der Waals surface area contributed by atoms with Crippen molar-refractivity contribution in [2.24, 2.45) is 5.73 Å². The zero-order valence-corrected chi connectivity index (χ0v) is 15.7. The maximum atomic E-state index is 12.6. The van der Waals surface area contributed by atoms with E-state index in [1.807, 2.05) is 35.2 Å². The van der Waals surface area contributed by atoms with Crippen molar-refractivity contribution in [3.8, 4) is 0 Å². The molecule has 0 aliphatic carbocycles. The highest BCUT2D eigenvalue weighted by atomic mass is 16.5. The minimum Gasteiger partial charge on any atom is -0.461 e. The van der Waals surface area contributed by atoms with Gasteiger partial charge in [-0.1, -0.05) is 30.3 Å². The second kappa shape index (κ2) is 11.3. The summed E-state index contributed by atoms with van der Waals surface area (Å²) in [7, 11) is 0. The van der Waals surface area contributed by atoms with Crippen molar-refractivity contribution in [1.29, 1.82) is 0 Å². The van der Waals surface area contributed by atoms with Gasteiger partial charge in [0.25, 0.3) is 0 Å². The van der Waals surface area contributed by atoms with Gasteiger partial charge in [-0.15, -0.1) is 0 Å². The van der Waals surface area contributed by atoms with Gasteiger partial charge in [-0.05, 0) is 37.8 Å². The number of primary amides is 1. The number of nitrogens with two attached hydrogens (primary N) is 1. The summed E-state index contributed by atoms with van der Waals surface area (Å²) < 4.78 is 5.24. The molecule has 1 atom stereocenters. The molecule has 7 nitrogen and oxygen atoms in total. The Morgan fingerprint density at radius 1 is 1.11 bits per heavy atom. The fourth-order valence-electron chi connectivity index (χ4n) is 3.08. The monoisotopic (exact) mass is 375 g/mol. The Hall–Kier alpha value is -2.41. The minimum absolute atomic E-state index is 0.0143. The molecule has 27 heavy (non-hydrogen) atoms. The number of likely N-dealkylation sites (tertiary alicyclic amines) is 1. The number of nitrogens with zero attached hydrogens (tertiary/aromatic N) is 1. The average Bonchev–Trinajstić information content (AvgIpc) is 3.20. The second-order valence-corrected chi connectivity index (χ2v) is 6.79. The molecule has 0 aromatic heterocycles. The average molecular weight is 375 g/mol. The fraction of sp³-hybridized carbons (Fsp3) is 0.550. The molecule has 0 bridgehead atoms. The molecule has 1 unspecified atom stereocenters. The van der Waals surface area contributed by atoms with E-state index in [4.69, 9.17) is 10.5 Å². The van der Waals surface area contributed by atoms with Crippen LogP contribution < -0.4 is 11.1 Å². The van der Waals surface area contributed by atoms with Crippen LogP contribution in [0.25, 0.3) is 0 Å². The van der Waals surface area contributed by atoms with Crippen LogP contribution in [0.4, 0.5) is 0 Å². The summed E-state index contributed by atoms with van der Waals surface area (Å²) in [6.45, 7) is 2.30. The summed E-state index contributed by atoms with van der Waals surface area (Å²) in [5.41, 5.74) is 6.17. The largest absolute Gasteiger partial charge is 0.461 e. The number of benzene rings is 1. The third-order valence-electron chi connectivity index (χ3n) is 4.59. The topological polar surface area (TPSA) is 102 Å². The quantitative estimate of drug-likeness (QED) is 0.449. The van der Waals surface area contributed by atoms with Gasteiger partial charge in [0.15, 0.2) is 0 Å². The lowest BCUT2D eigenvalue weighted by atomic mass is 10.1. The number of nitrogens with one attached hydrogen (secondary N) is 1. The lowest BCUT2D eigenvalue weighted by molar-refractivity contribution is -0.145. The van der Waals surface area contributed by atoms with Crippen LogP contribution in [0.15, 0.2) is 30.3 Å². The SMILES string of the molecule is NC(=O)CCC(NCCCC(=O)OCc1ccccc1)C(=O)N1CCCC1. The summed E-state index contributed by atoms with van der Waals surface area (Å²) in [5.74, 6) is -0.666. The van der Waals surface area contributed by atoms with E-state index in [1.54, 1.807) is 0 Å². The van der Waals surface area contributed by atoms with Crippen molar-refractivity contribution >= 4 is 17.8 Å². The summed E-state index contributed by atoms with van der Waals surface area (Å²) >= 11 is 0.